The summed E-state index contributed by atoms with van der Waals surface area (Å²) >= 11 is 0. The van der Waals surface area contributed by atoms with Gasteiger partial charge in [0.15, 0.2) is 0 Å². The third-order valence-corrected chi connectivity index (χ3v) is 3.86. The number of methoxy groups -OCH3 is 1. The number of benzene rings is 1. The number of aryl methyl sites for hydroxylation is 1. The molecule has 0 amide bonds. The lowest BCUT2D eigenvalue weighted by molar-refractivity contribution is 0.398. The van der Waals surface area contributed by atoms with Gasteiger partial charge in [0.25, 0.3) is 0 Å². The summed E-state index contributed by atoms with van der Waals surface area (Å²) in [6.07, 6.45) is 7.52. The fraction of sp³-hybridized carbons (Fsp3) is 0.625. The molecule has 2 nitrogen and oxygen atoms in total. The number of hydrogen-bond acceptors (Lipinski definition) is 2. The van der Waals surface area contributed by atoms with Crippen molar-refractivity contribution in [2.45, 2.75) is 38.5 Å². The summed E-state index contributed by atoms with van der Waals surface area (Å²) in [5, 5.41) is 0. The molecule has 0 unspecified atom stereocenters. The highest BCUT2D eigenvalue weighted by molar-refractivity contribution is 5.46. The van der Waals surface area contributed by atoms with Crippen molar-refractivity contribution in [1.29, 1.82) is 0 Å². The standard InChI is InChI=1S/C16H25NO/c1-17(2)12-6-7-13-10-11-16(18-3)15-9-5-4-8-14(13)15/h10-11H,4-9,12H2,1-3H3. The molecular weight excluding hydrogens is 222 g/mol. The van der Waals surface area contributed by atoms with Gasteiger partial charge in [-0.1, -0.05) is 6.07 Å². The molecule has 1 aromatic carbocycles. The Kier molecular flexibility index (Phi) is 4.65. The predicted octanol–water partition coefficient (Wildman–Crippen LogP) is 3.07. The molecule has 18 heavy (non-hydrogen) atoms. The van der Waals surface area contributed by atoms with E-state index in [1.807, 2.05) is 0 Å². The van der Waals surface area contributed by atoms with Crippen LogP contribution >= 0.6 is 0 Å². The molecule has 1 aliphatic carbocycles. The van der Waals surface area contributed by atoms with Gasteiger partial charge in [-0.15, -0.1) is 0 Å². The monoisotopic (exact) mass is 247 g/mol. The highest BCUT2D eigenvalue weighted by atomic mass is 16.5. The maximum absolute atomic E-state index is 5.50. The average molecular weight is 247 g/mol. The van der Waals surface area contributed by atoms with Crippen molar-refractivity contribution < 1.29 is 4.74 Å². The van der Waals surface area contributed by atoms with E-state index in [1.54, 1.807) is 18.2 Å². The topological polar surface area (TPSA) is 12.5 Å². The molecule has 0 heterocycles. The average Bonchev–Trinajstić information content (AvgIpc) is 2.38. The Hall–Kier alpha value is -1.02. The van der Waals surface area contributed by atoms with Crippen molar-refractivity contribution in [3.8, 4) is 5.75 Å². The summed E-state index contributed by atoms with van der Waals surface area (Å²) in [6.45, 7) is 1.17. The molecule has 0 N–H and O–H groups in total. The van der Waals surface area contributed by atoms with Crippen LogP contribution in [0.15, 0.2) is 12.1 Å². The lowest BCUT2D eigenvalue weighted by Gasteiger charge is -2.22. The fourth-order valence-electron chi connectivity index (χ4n) is 2.92. The van der Waals surface area contributed by atoms with Crippen molar-refractivity contribution in [1.82, 2.24) is 4.90 Å². The SMILES string of the molecule is COc1ccc(CCCN(C)C)c2c1CCCC2. The second-order valence-electron chi connectivity index (χ2n) is 5.50. The first-order valence-corrected chi connectivity index (χ1v) is 7.04. The smallest absolute Gasteiger partial charge is 0.122 e. The van der Waals surface area contributed by atoms with E-state index in [4.69, 9.17) is 4.74 Å². The first-order chi connectivity index (χ1) is 8.72. The van der Waals surface area contributed by atoms with Crippen LogP contribution < -0.4 is 4.74 Å². The summed E-state index contributed by atoms with van der Waals surface area (Å²) in [5.41, 5.74) is 4.61. The summed E-state index contributed by atoms with van der Waals surface area (Å²) in [5.74, 6) is 1.10. The minimum absolute atomic E-state index is 1.10. The van der Waals surface area contributed by atoms with Gasteiger partial charge < -0.3 is 9.64 Å². The zero-order chi connectivity index (χ0) is 13.0. The highest BCUT2D eigenvalue weighted by Crippen LogP contribution is 2.32. The fourth-order valence-corrected chi connectivity index (χ4v) is 2.92. The van der Waals surface area contributed by atoms with Crippen LogP contribution in [-0.2, 0) is 19.3 Å². The summed E-state index contributed by atoms with van der Waals surface area (Å²) in [4.78, 5) is 2.26. The van der Waals surface area contributed by atoms with Crippen molar-refractivity contribution in [3.63, 3.8) is 0 Å². The number of nitrogens with zero attached hydrogens (tertiary/aromatic N) is 1. The lowest BCUT2D eigenvalue weighted by Crippen LogP contribution is -2.14. The van der Waals surface area contributed by atoms with Crippen LogP contribution in [0.5, 0.6) is 5.75 Å². The van der Waals surface area contributed by atoms with E-state index < -0.39 is 0 Å². The van der Waals surface area contributed by atoms with Gasteiger partial charge in [-0.3, -0.25) is 0 Å². The largest absolute Gasteiger partial charge is 0.496 e. The van der Waals surface area contributed by atoms with E-state index >= 15 is 0 Å². The van der Waals surface area contributed by atoms with Crippen LogP contribution in [0.1, 0.15) is 36.0 Å². The number of ether oxygens (including phenoxy) is 1. The molecule has 0 fully saturated rings. The van der Waals surface area contributed by atoms with E-state index in [1.165, 1.54) is 50.6 Å². The van der Waals surface area contributed by atoms with Crippen LogP contribution in [0.25, 0.3) is 0 Å². The van der Waals surface area contributed by atoms with Gasteiger partial charge in [0, 0.05) is 0 Å². The van der Waals surface area contributed by atoms with Gasteiger partial charge in [-0.05, 0) is 81.9 Å². The van der Waals surface area contributed by atoms with E-state index in [-0.39, 0.29) is 0 Å². The van der Waals surface area contributed by atoms with Gasteiger partial charge in [0.2, 0.25) is 0 Å². The third-order valence-electron chi connectivity index (χ3n) is 3.86. The quantitative estimate of drug-likeness (QED) is 0.793. The van der Waals surface area contributed by atoms with Crippen molar-refractivity contribution >= 4 is 0 Å². The molecule has 1 aromatic rings. The Morgan fingerprint density at radius 1 is 1.11 bits per heavy atom. The molecular formula is C16H25NO. The van der Waals surface area contributed by atoms with Crippen LogP contribution in [0.2, 0.25) is 0 Å². The zero-order valence-electron chi connectivity index (χ0n) is 12.0. The molecule has 0 saturated heterocycles. The van der Waals surface area contributed by atoms with Gasteiger partial charge >= 0.3 is 0 Å². The summed E-state index contributed by atoms with van der Waals surface area (Å²) < 4.78 is 5.50. The van der Waals surface area contributed by atoms with E-state index in [2.05, 4.69) is 31.1 Å². The first-order valence-electron chi connectivity index (χ1n) is 7.04. The van der Waals surface area contributed by atoms with Crippen molar-refractivity contribution in [2.75, 3.05) is 27.7 Å². The Balaban J connectivity index is 2.15. The van der Waals surface area contributed by atoms with Crippen molar-refractivity contribution in [2.24, 2.45) is 0 Å². The Bertz CT molecular complexity index is 398. The summed E-state index contributed by atoms with van der Waals surface area (Å²) in [7, 11) is 6.07. The third kappa shape index (κ3) is 3.05. The molecule has 0 bridgehead atoms. The van der Waals surface area contributed by atoms with Crippen LogP contribution in [0, 0.1) is 0 Å². The van der Waals surface area contributed by atoms with Gasteiger partial charge in [0.1, 0.15) is 5.75 Å². The number of fused-ring (bicyclic) bond motifs is 1. The van der Waals surface area contributed by atoms with Crippen LogP contribution in [0.3, 0.4) is 0 Å². The molecule has 2 rings (SSSR count). The van der Waals surface area contributed by atoms with Crippen LogP contribution in [0.4, 0.5) is 0 Å². The molecule has 0 saturated carbocycles. The number of rotatable bonds is 5. The maximum Gasteiger partial charge on any atom is 0.122 e. The molecule has 2 heteroatoms. The molecule has 0 aliphatic heterocycles. The van der Waals surface area contributed by atoms with E-state index in [9.17, 15) is 0 Å². The predicted molar refractivity (Wildman–Crippen MR) is 76.5 cm³/mol. The molecule has 1 aliphatic rings. The van der Waals surface area contributed by atoms with Gasteiger partial charge in [-0.25, -0.2) is 0 Å². The Morgan fingerprint density at radius 3 is 2.50 bits per heavy atom. The Labute approximate surface area is 111 Å². The highest BCUT2D eigenvalue weighted by Gasteiger charge is 2.17. The zero-order valence-corrected chi connectivity index (χ0v) is 12.0. The lowest BCUT2D eigenvalue weighted by atomic mass is 9.86. The normalized spacial score (nSPS) is 14.7. The van der Waals surface area contributed by atoms with Gasteiger partial charge in [-0.2, -0.15) is 0 Å². The van der Waals surface area contributed by atoms with Crippen molar-refractivity contribution in [3.05, 3.63) is 28.8 Å². The Morgan fingerprint density at radius 2 is 1.83 bits per heavy atom. The number of hydrogen-bond donors (Lipinski definition) is 0. The molecule has 100 valence electrons. The minimum Gasteiger partial charge on any atom is -0.496 e. The maximum atomic E-state index is 5.50. The minimum atomic E-state index is 1.10. The summed E-state index contributed by atoms with van der Waals surface area (Å²) in [6, 6.07) is 4.44. The molecule has 0 spiro atoms. The van der Waals surface area contributed by atoms with Crippen LogP contribution in [-0.4, -0.2) is 32.6 Å². The molecule has 0 radical (unpaired) electrons. The molecule has 0 aromatic heterocycles. The first kappa shape index (κ1) is 13.4. The molecule has 0 atom stereocenters. The second kappa shape index (κ2) is 6.24. The van der Waals surface area contributed by atoms with Gasteiger partial charge in [0.05, 0.1) is 7.11 Å². The van der Waals surface area contributed by atoms with E-state index in [0.29, 0.717) is 0 Å². The second-order valence-corrected chi connectivity index (χ2v) is 5.50. The van der Waals surface area contributed by atoms with E-state index in [0.717, 1.165) is 5.75 Å².